The maximum absolute atomic E-state index is 6.46. The minimum absolute atomic E-state index is 0.149. The summed E-state index contributed by atoms with van der Waals surface area (Å²) in [6, 6.07) is 25.1. The first-order valence-electron chi connectivity index (χ1n) is 10.1. The predicted molar refractivity (Wildman–Crippen MR) is 114 cm³/mol. The van der Waals surface area contributed by atoms with E-state index >= 15 is 0 Å². The first kappa shape index (κ1) is 17.8. The third-order valence-corrected chi connectivity index (χ3v) is 5.57. The number of hydrazone groups is 1. The van der Waals surface area contributed by atoms with Gasteiger partial charge in [0, 0.05) is 12.0 Å². The van der Waals surface area contributed by atoms with Gasteiger partial charge in [-0.2, -0.15) is 5.10 Å². The zero-order chi connectivity index (χ0) is 19.8. The summed E-state index contributed by atoms with van der Waals surface area (Å²) in [5, 5.41) is 7.14. The van der Waals surface area contributed by atoms with Gasteiger partial charge in [0.15, 0.2) is 0 Å². The van der Waals surface area contributed by atoms with E-state index in [1.807, 2.05) is 37.3 Å². The first-order valence-corrected chi connectivity index (χ1v) is 10.1. The molecule has 4 nitrogen and oxygen atoms in total. The average Bonchev–Trinajstić information content (AvgIpc) is 3.20. The number of para-hydroxylation sites is 2. The fourth-order valence-electron chi connectivity index (χ4n) is 4.13. The van der Waals surface area contributed by atoms with E-state index in [4.69, 9.17) is 14.6 Å². The number of fused-ring (bicyclic) bond motifs is 3. The lowest BCUT2D eigenvalue weighted by Gasteiger charge is -2.38. The van der Waals surface area contributed by atoms with E-state index in [-0.39, 0.29) is 12.3 Å². The Bertz CT molecular complexity index is 1060. The monoisotopic (exact) mass is 384 g/mol. The summed E-state index contributed by atoms with van der Waals surface area (Å²) in [4.78, 5) is 0. The van der Waals surface area contributed by atoms with Gasteiger partial charge in [0.1, 0.15) is 11.5 Å². The van der Waals surface area contributed by atoms with Crippen LogP contribution in [0.2, 0.25) is 0 Å². The molecule has 2 aliphatic rings. The molecule has 4 heteroatoms. The second-order valence-electron chi connectivity index (χ2n) is 7.49. The van der Waals surface area contributed by atoms with Crippen LogP contribution in [-0.2, 0) is 0 Å². The number of nitrogens with zero attached hydrogens (tertiary/aromatic N) is 2. The van der Waals surface area contributed by atoms with Crippen LogP contribution >= 0.6 is 0 Å². The van der Waals surface area contributed by atoms with Crippen molar-refractivity contribution >= 4 is 5.71 Å². The third-order valence-electron chi connectivity index (χ3n) is 5.57. The fraction of sp³-hybridized carbons (Fsp3) is 0.240. The van der Waals surface area contributed by atoms with Crippen molar-refractivity contribution < 1.29 is 9.47 Å². The highest BCUT2D eigenvalue weighted by Crippen LogP contribution is 2.48. The van der Waals surface area contributed by atoms with Gasteiger partial charge in [0.2, 0.25) is 6.23 Å². The molecule has 0 radical (unpaired) electrons. The van der Waals surface area contributed by atoms with Crippen molar-refractivity contribution in [2.24, 2.45) is 5.10 Å². The van der Waals surface area contributed by atoms with Crippen molar-refractivity contribution in [1.82, 2.24) is 5.01 Å². The summed E-state index contributed by atoms with van der Waals surface area (Å²) in [5.41, 5.74) is 5.70. The second-order valence-corrected chi connectivity index (χ2v) is 7.49. The highest BCUT2D eigenvalue weighted by atomic mass is 16.5. The molecule has 2 atom stereocenters. The van der Waals surface area contributed by atoms with Crippen LogP contribution in [0.4, 0.5) is 0 Å². The molecule has 0 aromatic heterocycles. The summed E-state index contributed by atoms with van der Waals surface area (Å²) < 4.78 is 12.4. The van der Waals surface area contributed by atoms with Gasteiger partial charge < -0.3 is 9.47 Å². The van der Waals surface area contributed by atoms with E-state index in [0.29, 0.717) is 6.61 Å². The molecular formula is C25H24N2O2. The molecule has 0 saturated carbocycles. The smallest absolute Gasteiger partial charge is 0.217 e. The maximum atomic E-state index is 6.46. The third kappa shape index (κ3) is 3.15. The zero-order valence-electron chi connectivity index (χ0n) is 16.7. The van der Waals surface area contributed by atoms with E-state index in [0.717, 1.165) is 29.2 Å². The van der Waals surface area contributed by atoms with Gasteiger partial charge in [-0.25, -0.2) is 5.01 Å². The quantitative estimate of drug-likeness (QED) is 0.584. The number of hydrogen-bond acceptors (Lipinski definition) is 4. The number of hydrogen-bond donors (Lipinski definition) is 0. The van der Waals surface area contributed by atoms with Crippen LogP contribution in [0.25, 0.3) is 0 Å². The molecule has 0 spiro atoms. The molecule has 5 rings (SSSR count). The molecule has 0 saturated heterocycles. The van der Waals surface area contributed by atoms with Gasteiger partial charge >= 0.3 is 0 Å². The van der Waals surface area contributed by atoms with E-state index in [1.165, 1.54) is 16.7 Å². The first-order chi connectivity index (χ1) is 14.2. The SMILES string of the molecule is CCOc1ccccc1[C@@H]1Oc2ccccc2[C@@H]2CC(c3ccc(C)cc3)=NN21. The van der Waals surface area contributed by atoms with Gasteiger partial charge in [0.25, 0.3) is 0 Å². The lowest BCUT2D eigenvalue weighted by molar-refractivity contribution is -0.0205. The van der Waals surface area contributed by atoms with Crippen LogP contribution in [0.5, 0.6) is 11.5 Å². The standard InChI is InChI=1S/C25H24N2O2/c1-3-28-23-10-6-5-9-20(23)25-27-22(19-8-4-7-11-24(19)29-25)16-21(26-27)18-14-12-17(2)13-15-18/h4-15,22,25H,3,16H2,1-2H3/t22-,25-/m0/s1. The Balaban J connectivity index is 1.60. The molecular weight excluding hydrogens is 360 g/mol. The normalized spacial score (nSPS) is 19.8. The molecule has 3 aromatic carbocycles. The average molecular weight is 384 g/mol. The molecule has 0 N–H and O–H groups in total. The van der Waals surface area contributed by atoms with Gasteiger partial charge in [-0.1, -0.05) is 60.2 Å². The fourth-order valence-corrected chi connectivity index (χ4v) is 4.13. The van der Waals surface area contributed by atoms with Gasteiger partial charge in [-0.3, -0.25) is 0 Å². The topological polar surface area (TPSA) is 34.1 Å². The second kappa shape index (κ2) is 7.28. The van der Waals surface area contributed by atoms with Crippen molar-refractivity contribution in [3.05, 3.63) is 95.1 Å². The zero-order valence-corrected chi connectivity index (χ0v) is 16.7. The van der Waals surface area contributed by atoms with Gasteiger partial charge in [-0.05, 0) is 37.6 Å². The Labute approximate surface area is 171 Å². The Morgan fingerprint density at radius 2 is 1.69 bits per heavy atom. The van der Waals surface area contributed by atoms with E-state index in [1.54, 1.807) is 0 Å². The molecule has 29 heavy (non-hydrogen) atoms. The summed E-state index contributed by atoms with van der Waals surface area (Å²) in [6.07, 6.45) is 0.539. The Hall–Kier alpha value is -3.27. The number of benzene rings is 3. The number of rotatable bonds is 4. The predicted octanol–water partition coefficient (Wildman–Crippen LogP) is 5.64. The Morgan fingerprint density at radius 1 is 0.966 bits per heavy atom. The summed E-state index contributed by atoms with van der Waals surface area (Å²) in [7, 11) is 0. The Kier molecular flexibility index (Phi) is 4.47. The summed E-state index contributed by atoms with van der Waals surface area (Å²) >= 11 is 0. The maximum Gasteiger partial charge on any atom is 0.217 e. The van der Waals surface area contributed by atoms with Gasteiger partial charge in [-0.15, -0.1) is 0 Å². The molecule has 0 bridgehead atoms. The lowest BCUT2D eigenvalue weighted by atomic mass is 9.95. The highest BCUT2D eigenvalue weighted by molar-refractivity contribution is 6.02. The molecule has 146 valence electrons. The largest absolute Gasteiger partial charge is 0.493 e. The number of ether oxygens (including phenoxy) is 2. The van der Waals surface area contributed by atoms with Crippen LogP contribution in [0.1, 0.15) is 47.9 Å². The van der Waals surface area contributed by atoms with Crippen molar-refractivity contribution in [3.63, 3.8) is 0 Å². The molecule has 0 unspecified atom stereocenters. The molecule has 0 amide bonds. The van der Waals surface area contributed by atoms with E-state index in [2.05, 4.69) is 54.4 Å². The van der Waals surface area contributed by atoms with Crippen molar-refractivity contribution in [2.45, 2.75) is 32.5 Å². The summed E-state index contributed by atoms with van der Waals surface area (Å²) in [6.45, 7) is 4.72. The lowest BCUT2D eigenvalue weighted by Crippen LogP contribution is -2.34. The molecule has 0 aliphatic carbocycles. The minimum atomic E-state index is -0.319. The van der Waals surface area contributed by atoms with Crippen LogP contribution in [0.15, 0.2) is 77.9 Å². The Morgan fingerprint density at radius 3 is 2.48 bits per heavy atom. The van der Waals surface area contributed by atoms with Crippen LogP contribution in [0, 0.1) is 6.92 Å². The van der Waals surface area contributed by atoms with E-state index in [9.17, 15) is 0 Å². The molecule has 3 aromatic rings. The van der Waals surface area contributed by atoms with Crippen LogP contribution in [0.3, 0.4) is 0 Å². The molecule has 2 heterocycles. The highest BCUT2D eigenvalue weighted by Gasteiger charge is 2.41. The van der Waals surface area contributed by atoms with Crippen molar-refractivity contribution in [1.29, 1.82) is 0 Å². The van der Waals surface area contributed by atoms with Crippen molar-refractivity contribution in [3.8, 4) is 11.5 Å². The summed E-state index contributed by atoms with van der Waals surface area (Å²) in [5.74, 6) is 1.77. The minimum Gasteiger partial charge on any atom is -0.493 e. The van der Waals surface area contributed by atoms with Crippen LogP contribution in [-0.4, -0.2) is 17.3 Å². The molecule has 0 fully saturated rings. The van der Waals surface area contributed by atoms with Crippen molar-refractivity contribution in [2.75, 3.05) is 6.61 Å². The van der Waals surface area contributed by atoms with Gasteiger partial charge in [0.05, 0.1) is 23.9 Å². The molecule has 2 aliphatic heterocycles. The number of aryl methyl sites for hydroxylation is 1. The van der Waals surface area contributed by atoms with Crippen LogP contribution < -0.4 is 9.47 Å². The van der Waals surface area contributed by atoms with E-state index < -0.39 is 0 Å².